The summed E-state index contributed by atoms with van der Waals surface area (Å²) in [5, 5.41) is -0.390. The Labute approximate surface area is 74.6 Å². The van der Waals surface area contributed by atoms with E-state index in [-0.39, 0.29) is 11.7 Å². The van der Waals surface area contributed by atoms with Gasteiger partial charge in [-0.15, -0.1) is 11.6 Å². The normalized spacial score (nSPS) is 17.2. The van der Waals surface area contributed by atoms with Gasteiger partial charge in [0, 0.05) is 5.92 Å². The molecule has 1 nitrogen and oxygen atoms in total. The van der Waals surface area contributed by atoms with E-state index in [0.29, 0.717) is 0 Å². The van der Waals surface area contributed by atoms with Crippen molar-refractivity contribution in [2.45, 2.75) is 19.2 Å². The van der Waals surface area contributed by atoms with Crippen LogP contribution in [-0.2, 0) is 4.79 Å². The smallest absolute Gasteiger partial charge is 0.156 e. The Morgan fingerprint density at radius 2 is 2.10 bits per heavy atom. The van der Waals surface area contributed by atoms with Crippen LogP contribution in [0.3, 0.4) is 0 Å². The molecule has 0 aliphatic carbocycles. The Bertz CT molecular complexity index is 143. The summed E-state index contributed by atoms with van der Waals surface area (Å²) >= 11 is 8.65. The topological polar surface area (TPSA) is 17.1 Å². The van der Waals surface area contributed by atoms with Crippen molar-refractivity contribution >= 4 is 33.3 Å². The number of allylic oxidation sites excluding steroid dienone is 1. The lowest BCUT2D eigenvalue weighted by Gasteiger charge is -2.05. The van der Waals surface area contributed by atoms with E-state index in [0.717, 1.165) is 0 Å². The monoisotopic (exact) mass is 224 g/mol. The molecule has 0 amide bonds. The van der Waals surface area contributed by atoms with Gasteiger partial charge in [0.25, 0.3) is 0 Å². The maximum atomic E-state index is 11.0. The van der Waals surface area contributed by atoms with E-state index < -0.39 is 5.38 Å². The van der Waals surface area contributed by atoms with Gasteiger partial charge < -0.3 is 0 Å². The van der Waals surface area contributed by atoms with Crippen molar-refractivity contribution < 1.29 is 4.79 Å². The molecule has 0 aliphatic heterocycles. The molecule has 0 spiro atoms. The van der Waals surface area contributed by atoms with Crippen molar-refractivity contribution in [3.05, 3.63) is 11.1 Å². The zero-order valence-electron chi connectivity index (χ0n) is 5.97. The van der Waals surface area contributed by atoms with Crippen LogP contribution < -0.4 is 0 Å². The average Bonchev–Trinajstić information content (AvgIpc) is 1.87. The lowest BCUT2D eigenvalue weighted by atomic mass is 10.1. The number of alkyl halides is 1. The van der Waals surface area contributed by atoms with Gasteiger partial charge in [-0.3, -0.25) is 4.79 Å². The highest BCUT2D eigenvalue weighted by Crippen LogP contribution is 2.08. The maximum absolute atomic E-state index is 11.0. The first-order valence-electron chi connectivity index (χ1n) is 3.04. The first-order chi connectivity index (χ1) is 4.59. The van der Waals surface area contributed by atoms with E-state index in [1.165, 1.54) is 0 Å². The SMILES string of the molecule is CC(Cl)C(=O)C(C)C=CBr. The summed E-state index contributed by atoms with van der Waals surface area (Å²) in [4.78, 5) is 12.7. The van der Waals surface area contributed by atoms with Gasteiger partial charge >= 0.3 is 0 Å². The predicted molar refractivity (Wildman–Crippen MR) is 47.6 cm³/mol. The number of carbonyl (C=O) groups excluding carboxylic acids is 1. The van der Waals surface area contributed by atoms with Gasteiger partial charge in [0.05, 0.1) is 5.38 Å². The Kier molecular flexibility index (Phi) is 5.00. The molecule has 0 fully saturated rings. The molecule has 2 atom stereocenters. The van der Waals surface area contributed by atoms with E-state index in [4.69, 9.17) is 11.6 Å². The van der Waals surface area contributed by atoms with Crippen molar-refractivity contribution in [2.75, 3.05) is 0 Å². The van der Waals surface area contributed by atoms with Gasteiger partial charge in [-0.05, 0) is 11.9 Å². The largest absolute Gasteiger partial charge is 0.297 e. The predicted octanol–water partition coefficient (Wildman–Crippen LogP) is 2.73. The van der Waals surface area contributed by atoms with Crippen molar-refractivity contribution in [3.8, 4) is 0 Å². The van der Waals surface area contributed by atoms with Gasteiger partial charge in [0.1, 0.15) is 0 Å². The highest BCUT2D eigenvalue weighted by Gasteiger charge is 2.14. The van der Waals surface area contributed by atoms with Gasteiger partial charge in [-0.25, -0.2) is 0 Å². The molecule has 0 radical (unpaired) electrons. The number of rotatable bonds is 3. The number of hydrogen-bond acceptors (Lipinski definition) is 1. The van der Waals surface area contributed by atoms with Crippen molar-refractivity contribution in [1.29, 1.82) is 0 Å². The van der Waals surface area contributed by atoms with Gasteiger partial charge in [0.2, 0.25) is 0 Å². The Morgan fingerprint density at radius 3 is 2.40 bits per heavy atom. The summed E-state index contributed by atoms with van der Waals surface area (Å²) in [5.41, 5.74) is 0. The molecule has 0 bridgehead atoms. The third-order valence-corrected chi connectivity index (χ3v) is 1.72. The molecule has 2 unspecified atom stereocenters. The Hall–Kier alpha value is 0.180. The number of ketones is 1. The lowest BCUT2D eigenvalue weighted by molar-refractivity contribution is -0.120. The second-order valence-corrected chi connectivity index (χ2v) is 3.31. The quantitative estimate of drug-likeness (QED) is 0.675. The molecule has 0 saturated carbocycles. The summed E-state index contributed by atoms with van der Waals surface area (Å²) in [5.74, 6) is -0.0377. The lowest BCUT2D eigenvalue weighted by Crippen LogP contribution is -2.17. The zero-order chi connectivity index (χ0) is 8.15. The van der Waals surface area contributed by atoms with Gasteiger partial charge in [-0.1, -0.05) is 28.9 Å². The average molecular weight is 226 g/mol. The highest BCUT2D eigenvalue weighted by molar-refractivity contribution is 9.11. The van der Waals surface area contributed by atoms with E-state index in [1.807, 2.05) is 6.92 Å². The molecule has 0 heterocycles. The molecule has 0 rings (SSSR count). The molecule has 0 aromatic rings. The minimum Gasteiger partial charge on any atom is -0.297 e. The summed E-state index contributed by atoms with van der Waals surface area (Å²) < 4.78 is 0. The second-order valence-electron chi connectivity index (χ2n) is 2.13. The number of Topliss-reactive ketones (excluding diaryl/α,β-unsaturated/α-hetero) is 1. The third kappa shape index (κ3) is 3.37. The molecule has 58 valence electrons. The van der Waals surface area contributed by atoms with Crippen LogP contribution in [0.5, 0.6) is 0 Å². The second kappa shape index (κ2) is 4.91. The van der Waals surface area contributed by atoms with E-state index >= 15 is 0 Å². The van der Waals surface area contributed by atoms with Crippen LogP contribution in [0.25, 0.3) is 0 Å². The molecule has 3 heteroatoms. The molecule has 0 aromatic heterocycles. The molecule has 0 saturated heterocycles. The van der Waals surface area contributed by atoms with Gasteiger partial charge in [-0.2, -0.15) is 0 Å². The van der Waals surface area contributed by atoms with Crippen LogP contribution >= 0.6 is 27.5 Å². The molecule has 0 N–H and O–H groups in total. The first kappa shape index (κ1) is 10.2. The molecule has 0 aliphatic rings. The van der Waals surface area contributed by atoms with Crippen molar-refractivity contribution in [1.82, 2.24) is 0 Å². The summed E-state index contributed by atoms with van der Waals surface area (Å²) in [7, 11) is 0. The van der Waals surface area contributed by atoms with E-state index in [1.54, 1.807) is 18.0 Å². The highest BCUT2D eigenvalue weighted by atomic mass is 79.9. The number of hydrogen-bond donors (Lipinski definition) is 0. The van der Waals surface area contributed by atoms with Crippen LogP contribution in [0.1, 0.15) is 13.8 Å². The van der Waals surface area contributed by atoms with Crippen LogP contribution in [0, 0.1) is 5.92 Å². The first-order valence-corrected chi connectivity index (χ1v) is 4.39. The molecule has 0 aromatic carbocycles. The van der Waals surface area contributed by atoms with Crippen LogP contribution in [0.2, 0.25) is 0 Å². The maximum Gasteiger partial charge on any atom is 0.156 e. The fourth-order valence-electron chi connectivity index (χ4n) is 0.566. The Morgan fingerprint density at radius 1 is 1.60 bits per heavy atom. The van der Waals surface area contributed by atoms with E-state index in [2.05, 4.69) is 15.9 Å². The van der Waals surface area contributed by atoms with E-state index in [9.17, 15) is 4.79 Å². The minimum atomic E-state index is -0.390. The molecule has 10 heavy (non-hydrogen) atoms. The zero-order valence-corrected chi connectivity index (χ0v) is 8.32. The van der Waals surface area contributed by atoms with Crippen LogP contribution in [0.15, 0.2) is 11.1 Å². The molecular weight excluding hydrogens is 215 g/mol. The standard InChI is InChI=1S/C7H10BrClO/c1-5(3-4-8)7(10)6(2)9/h3-6H,1-2H3. The minimum absolute atomic E-state index is 0.0531. The number of carbonyl (C=O) groups is 1. The van der Waals surface area contributed by atoms with Crippen molar-refractivity contribution in [3.63, 3.8) is 0 Å². The fraction of sp³-hybridized carbons (Fsp3) is 0.571. The third-order valence-electron chi connectivity index (χ3n) is 1.20. The number of halogens is 2. The fourth-order valence-corrected chi connectivity index (χ4v) is 1.22. The van der Waals surface area contributed by atoms with Crippen LogP contribution in [0.4, 0.5) is 0 Å². The summed E-state index contributed by atoms with van der Waals surface area (Å²) in [6.07, 6.45) is 1.77. The Balaban J connectivity index is 3.95. The summed E-state index contributed by atoms with van der Waals surface area (Å²) in [6.45, 7) is 3.50. The van der Waals surface area contributed by atoms with Gasteiger partial charge in [0.15, 0.2) is 5.78 Å². The van der Waals surface area contributed by atoms with Crippen molar-refractivity contribution in [2.24, 2.45) is 5.92 Å². The summed E-state index contributed by atoms with van der Waals surface area (Å²) in [6, 6.07) is 0. The molecular formula is C7H10BrClO. The van der Waals surface area contributed by atoms with Crippen LogP contribution in [-0.4, -0.2) is 11.2 Å².